The first kappa shape index (κ1) is 16.2. The lowest BCUT2D eigenvalue weighted by Crippen LogP contribution is -2.50. The van der Waals surface area contributed by atoms with Crippen molar-refractivity contribution in [2.75, 3.05) is 26.2 Å². The third-order valence-corrected chi connectivity index (χ3v) is 7.01. The smallest absolute Gasteiger partial charge is 0.253 e. The molecule has 1 saturated carbocycles. The number of carbonyl (C=O) groups is 2. The third-order valence-electron chi connectivity index (χ3n) is 6.22. The Kier molecular flexibility index (Phi) is 3.78. The van der Waals surface area contributed by atoms with E-state index in [0.717, 1.165) is 48.5 Å². The van der Waals surface area contributed by atoms with Gasteiger partial charge >= 0.3 is 0 Å². The summed E-state index contributed by atoms with van der Waals surface area (Å²) in [6.07, 6.45) is 5.32. The second-order valence-electron chi connectivity index (χ2n) is 8.09. The van der Waals surface area contributed by atoms with Crippen molar-refractivity contribution < 1.29 is 9.59 Å². The largest absolute Gasteiger partial charge is 0.342 e. The van der Waals surface area contributed by atoms with Crippen LogP contribution in [0.3, 0.4) is 0 Å². The van der Waals surface area contributed by atoms with E-state index in [1.807, 2.05) is 23.1 Å². The Hall–Kier alpha value is -1.95. The number of rotatable bonds is 3. The molecular formula is C20H23N3O2S. The molecule has 26 heavy (non-hydrogen) atoms. The van der Waals surface area contributed by atoms with E-state index in [9.17, 15) is 9.59 Å². The first-order valence-corrected chi connectivity index (χ1v) is 10.4. The number of amides is 2. The number of aromatic nitrogens is 1. The van der Waals surface area contributed by atoms with Gasteiger partial charge in [0.2, 0.25) is 5.91 Å². The quantitative estimate of drug-likeness (QED) is 0.835. The van der Waals surface area contributed by atoms with E-state index in [0.29, 0.717) is 24.6 Å². The number of thiazole rings is 1. The Bertz CT molecular complexity index is 875. The lowest BCUT2D eigenvalue weighted by molar-refractivity contribution is -0.145. The molecule has 1 aromatic carbocycles. The van der Waals surface area contributed by atoms with Gasteiger partial charge in [-0.05, 0) is 56.2 Å². The van der Waals surface area contributed by atoms with Gasteiger partial charge in [-0.25, -0.2) is 4.98 Å². The minimum absolute atomic E-state index is 0.0456. The summed E-state index contributed by atoms with van der Waals surface area (Å²) in [5.41, 5.74) is 3.11. The Morgan fingerprint density at radius 1 is 1.27 bits per heavy atom. The predicted octanol–water partition coefficient (Wildman–Crippen LogP) is 3.16. The lowest BCUT2D eigenvalue weighted by Gasteiger charge is -2.39. The number of hydrogen-bond donors (Lipinski definition) is 0. The van der Waals surface area contributed by atoms with Gasteiger partial charge in [-0.1, -0.05) is 0 Å². The molecular weight excluding hydrogens is 346 g/mol. The number of nitrogens with zero attached hydrogens (tertiary/aromatic N) is 3. The van der Waals surface area contributed by atoms with E-state index in [-0.39, 0.29) is 11.3 Å². The van der Waals surface area contributed by atoms with Crippen LogP contribution in [0, 0.1) is 11.3 Å². The highest BCUT2D eigenvalue weighted by Gasteiger charge is 2.50. The summed E-state index contributed by atoms with van der Waals surface area (Å²) >= 11 is 1.55. The van der Waals surface area contributed by atoms with E-state index in [1.165, 1.54) is 12.8 Å². The van der Waals surface area contributed by atoms with Crippen molar-refractivity contribution in [1.82, 2.24) is 14.8 Å². The second kappa shape index (κ2) is 6.05. The van der Waals surface area contributed by atoms with Gasteiger partial charge in [-0.2, -0.15) is 0 Å². The maximum atomic E-state index is 13.1. The molecule has 6 heteroatoms. The number of benzene rings is 1. The van der Waals surface area contributed by atoms with Crippen molar-refractivity contribution in [1.29, 1.82) is 0 Å². The molecule has 2 amide bonds. The average molecular weight is 369 g/mol. The molecule has 3 fully saturated rings. The molecule has 2 saturated heterocycles. The fourth-order valence-corrected chi connectivity index (χ4v) is 5.25. The minimum Gasteiger partial charge on any atom is -0.342 e. The summed E-state index contributed by atoms with van der Waals surface area (Å²) in [6, 6.07) is 5.70. The molecule has 3 aliphatic rings. The Morgan fingerprint density at radius 3 is 3.00 bits per heavy atom. The number of fused-ring (bicyclic) bond motifs is 1. The first-order chi connectivity index (χ1) is 12.6. The molecule has 3 heterocycles. The molecule has 5 rings (SSSR count). The van der Waals surface area contributed by atoms with E-state index in [4.69, 9.17) is 0 Å². The Balaban J connectivity index is 1.33. The molecule has 136 valence electrons. The Labute approximate surface area is 157 Å². The summed E-state index contributed by atoms with van der Waals surface area (Å²) < 4.78 is 1.04. The summed E-state index contributed by atoms with van der Waals surface area (Å²) in [6.45, 7) is 3.08. The van der Waals surface area contributed by atoms with Crippen LogP contribution in [0.4, 0.5) is 0 Å². The zero-order valence-corrected chi connectivity index (χ0v) is 15.6. The van der Waals surface area contributed by atoms with Crippen molar-refractivity contribution in [2.45, 2.75) is 32.1 Å². The number of hydrogen-bond acceptors (Lipinski definition) is 4. The van der Waals surface area contributed by atoms with Gasteiger partial charge < -0.3 is 9.80 Å². The number of carbonyl (C=O) groups excluding carboxylic acids is 2. The van der Waals surface area contributed by atoms with Crippen molar-refractivity contribution in [3.8, 4) is 0 Å². The van der Waals surface area contributed by atoms with Crippen LogP contribution in [0.2, 0.25) is 0 Å². The van der Waals surface area contributed by atoms with E-state index in [2.05, 4.69) is 9.88 Å². The molecule has 5 nitrogen and oxygen atoms in total. The van der Waals surface area contributed by atoms with Crippen LogP contribution in [-0.2, 0) is 4.79 Å². The molecule has 1 unspecified atom stereocenters. The summed E-state index contributed by atoms with van der Waals surface area (Å²) in [7, 11) is 0. The fourth-order valence-electron chi connectivity index (χ4n) is 4.53. The van der Waals surface area contributed by atoms with Gasteiger partial charge in [-0.15, -0.1) is 11.3 Å². The zero-order chi connectivity index (χ0) is 17.7. The van der Waals surface area contributed by atoms with E-state index in [1.54, 1.807) is 16.8 Å². The van der Waals surface area contributed by atoms with Crippen LogP contribution in [0.1, 0.15) is 42.5 Å². The van der Waals surface area contributed by atoms with Crippen LogP contribution in [0.25, 0.3) is 10.2 Å². The summed E-state index contributed by atoms with van der Waals surface area (Å²) in [5.74, 6) is 1.06. The Morgan fingerprint density at radius 2 is 2.15 bits per heavy atom. The molecule has 2 aliphatic heterocycles. The summed E-state index contributed by atoms with van der Waals surface area (Å²) in [5, 5.41) is 0. The topological polar surface area (TPSA) is 53.5 Å². The molecule has 2 aromatic rings. The fraction of sp³-hybridized carbons (Fsp3) is 0.550. The highest BCUT2D eigenvalue weighted by atomic mass is 32.1. The lowest BCUT2D eigenvalue weighted by atomic mass is 9.78. The molecule has 0 N–H and O–H groups in total. The van der Waals surface area contributed by atoms with Gasteiger partial charge in [0.1, 0.15) is 0 Å². The maximum absolute atomic E-state index is 13.1. The highest BCUT2D eigenvalue weighted by Crippen LogP contribution is 2.42. The van der Waals surface area contributed by atoms with Crippen molar-refractivity contribution in [2.24, 2.45) is 11.3 Å². The summed E-state index contributed by atoms with van der Waals surface area (Å²) in [4.78, 5) is 34.4. The van der Waals surface area contributed by atoms with Crippen molar-refractivity contribution in [3.63, 3.8) is 0 Å². The van der Waals surface area contributed by atoms with Gasteiger partial charge in [-0.3, -0.25) is 9.59 Å². The van der Waals surface area contributed by atoms with Crippen LogP contribution in [0.5, 0.6) is 0 Å². The minimum atomic E-state index is -0.336. The van der Waals surface area contributed by atoms with Gasteiger partial charge in [0.25, 0.3) is 5.91 Å². The normalized spacial score (nSPS) is 26.2. The SMILES string of the molecule is O=C(c1ccc2ncsc2c1)N1CCC2(CCCN(CC3CC3)C2=O)C1. The molecule has 1 aliphatic carbocycles. The monoisotopic (exact) mass is 369 g/mol. The van der Waals surface area contributed by atoms with Gasteiger partial charge in [0, 0.05) is 31.7 Å². The van der Waals surface area contributed by atoms with Crippen molar-refractivity contribution in [3.05, 3.63) is 29.3 Å². The number of piperidine rings is 1. The van der Waals surface area contributed by atoms with Crippen LogP contribution < -0.4 is 0 Å². The second-order valence-corrected chi connectivity index (χ2v) is 8.98. The molecule has 0 bridgehead atoms. The van der Waals surface area contributed by atoms with Crippen LogP contribution in [-0.4, -0.2) is 52.8 Å². The predicted molar refractivity (Wildman–Crippen MR) is 101 cm³/mol. The van der Waals surface area contributed by atoms with Crippen molar-refractivity contribution >= 4 is 33.4 Å². The van der Waals surface area contributed by atoms with Gasteiger partial charge in [0.15, 0.2) is 0 Å². The molecule has 1 aromatic heterocycles. The standard InChI is InChI=1S/C20H23N3O2S/c24-18(15-4-5-16-17(10-15)26-13-21-16)23-9-7-20(12-23)6-1-8-22(19(20)25)11-14-2-3-14/h4-5,10,13-14H,1-3,6-9,11-12H2. The number of likely N-dealkylation sites (tertiary alicyclic amines) is 2. The van der Waals surface area contributed by atoms with Crippen LogP contribution in [0.15, 0.2) is 23.7 Å². The van der Waals surface area contributed by atoms with Crippen LogP contribution >= 0.6 is 11.3 Å². The zero-order valence-electron chi connectivity index (χ0n) is 14.8. The third kappa shape index (κ3) is 2.71. The maximum Gasteiger partial charge on any atom is 0.253 e. The molecule has 1 spiro atoms. The van der Waals surface area contributed by atoms with E-state index < -0.39 is 0 Å². The average Bonchev–Trinajstić information content (AvgIpc) is 3.18. The first-order valence-electron chi connectivity index (χ1n) is 9.57. The van der Waals surface area contributed by atoms with E-state index >= 15 is 0 Å². The molecule has 1 atom stereocenters. The highest BCUT2D eigenvalue weighted by molar-refractivity contribution is 7.16. The van der Waals surface area contributed by atoms with Gasteiger partial charge in [0.05, 0.1) is 21.1 Å². The molecule has 0 radical (unpaired) electrons.